The molecule has 0 saturated heterocycles. The molecule has 10 heteroatoms. The number of rotatable bonds is 8. The molecule has 0 saturated carbocycles. The zero-order valence-corrected chi connectivity index (χ0v) is 19.8. The van der Waals surface area contributed by atoms with Crippen LogP contribution < -0.4 is 9.64 Å². The lowest BCUT2D eigenvalue weighted by Gasteiger charge is -2.19. The standard InChI is InChI=1S/C22H20ClN5O2S2/c1-15-13-31-21(24-15)28(17-6-4-3-5-7-17)20(29)14-32-22-26-25-19(27(22)2)12-30-18-10-8-16(23)9-11-18/h3-11,13H,12,14H2,1-2H3. The van der Waals surface area contributed by atoms with Gasteiger partial charge in [0.2, 0.25) is 5.91 Å². The first-order chi connectivity index (χ1) is 15.5. The second kappa shape index (κ2) is 10.2. The Morgan fingerprint density at radius 1 is 1.16 bits per heavy atom. The molecule has 0 bridgehead atoms. The monoisotopic (exact) mass is 485 g/mol. The number of hydrogen-bond acceptors (Lipinski definition) is 7. The first-order valence-electron chi connectivity index (χ1n) is 9.71. The Hall–Kier alpha value is -2.88. The van der Waals surface area contributed by atoms with Crippen molar-refractivity contribution in [2.45, 2.75) is 18.7 Å². The van der Waals surface area contributed by atoms with Gasteiger partial charge in [0.25, 0.3) is 0 Å². The highest BCUT2D eigenvalue weighted by molar-refractivity contribution is 7.99. The second-order valence-corrected chi connectivity index (χ2v) is 9.04. The number of aromatic nitrogens is 4. The maximum Gasteiger partial charge on any atom is 0.243 e. The van der Waals surface area contributed by atoms with Crippen LogP contribution in [0.3, 0.4) is 0 Å². The van der Waals surface area contributed by atoms with Gasteiger partial charge < -0.3 is 9.30 Å². The molecule has 1 amide bonds. The van der Waals surface area contributed by atoms with Crippen LogP contribution in [0.5, 0.6) is 5.75 Å². The predicted molar refractivity (Wildman–Crippen MR) is 128 cm³/mol. The van der Waals surface area contributed by atoms with E-state index < -0.39 is 0 Å². The largest absolute Gasteiger partial charge is 0.486 e. The van der Waals surface area contributed by atoms with Gasteiger partial charge in [0, 0.05) is 17.5 Å². The van der Waals surface area contributed by atoms with Gasteiger partial charge in [-0.25, -0.2) is 4.98 Å². The molecule has 0 radical (unpaired) electrons. The summed E-state index contributed by atoms with van der Waals surface area (Å²) in [6.45, 7) is 2.17. The summed E-state index contributed by atoms with van der Waals surface area (Å²) in [7, 11) is 1.85. The highest BCUT2D eigenvalue weighted by Gasteiger charge is 2.22. The van der Waals surface area contributed by atoms with Crippen molar-refractivity contribution in [1.82, 2.24) is 19.7 Å². The summed E-state index contributed by atoms with van der Waals surface area (Å²) in [4.78, 5) is 19.3. The smallest absolute Gasteiger partial charge is 0.243 e. The molecular weight excluding hydrogens is 466 g/mol. The zero-order valence-electron chi connectivity index (χ0n) is 17.4. The first kappa shape index (κ1) is 22.3. The molecule has 0 aliphatic rings. The summed E-state index contributed by atoms with van der Waals surface area (Å²) in [5, 5.41) is 12.3. The Bertz CT molecular complexity index is 1190. The van der Waals surface area contributed by atoms with Gasteiger partial charge in [-0.1, -0.05) is 41.6 Å². The zero-order chi connectivity index (χ0) is 22.5. The van der Waals surface area contributed by atoms with E-state index in [0.717, 1.165) is 11.4 Å². The summed E-state index contributed by atoms with van der Waals surface area (Å²) >= 11 is 8.67. The van der Waals surface area contributed by atoms with Crippen molar-refractivity contribution in [2.24, 2.45) is 7.05 Å². The summed E-state index contributed by atoms with van der Waals surface area (Å²) in [6, 6.07) is 16.6. The van der Waals surface area contributed by atoms with E-state index in [1.54, 1.807) is 29.2 Å². The number of aryl methyl sites for hydroxylation is 1. The Morgan fingerprint density at radius 2 is 1.91 bits per heavy atom. The van der Waals surface area contributed by atoms with E-state index in [-0.39, 0.29) is 18.3 Å². The number of thioether (sulfide) groups is 1. The van der Waals surface area contributed by atoms with Gasteiger partial charge in [-0.3, -0.25) is 9.69 Å². The molecule has 164 valence electrons. The fourth-order valence-electron chi connectivity index (χ4n) is 2.85. The Balaban J connectivity index is 1.43. The quantitative estimate of drug-likeness (QED) is 0.316. The molecule has 0 unspecified atom stereocenters. The van der Waals surface area contributed by atoms with Crippen LogP contribution in [-0.4, -0.2) is 31.4 Å². The number of benzene rings is 2. The van der Waals surface area contributed by atoms with E-state index in [9.17, 15) is 4.79 Å². The average Bonchev–Trinajstić information content (AvgIpc) is 3.38. The molecule has 0 fully saturated rings. The third-order valence-electron chi connectivity index (χ3n) is 4.49. The molecular formula is C22H20ClN5O2S2. The minimum atomic E-state index is -0.0856. The van der Waals surface area contributed by atoms with Crippen molar-refractivity contribution in [3.05, 3.63) is 76.5 Å². The Labute approximate surface area is 199 Å². The van der Waals surface area contributed by atoms with E-state index in [1.807, 2.05) is 54.3 Å². The van der Waals surface area contributed by atoms with E-state index in [1.165, 1.54) is 23.1 Å². The van der Waals surface area contributed by atoms with Crippen LogP contribution in [0.2, 0.25) is 5.02 Å². The summed E-state index contributed by atoms with van der Waals surface area (Å²) in [5.74, 6) is 1.46. The third-order valence-corrected chi connectivity index (χ3v) is 6.69. The number of carbonyl (C=O) groups is 1. The van der Waals surface area contributed by atoms with Gasteiger partial charge in [-0.05, 0) is 43.3 Å². The maximum absolute atomic E-state index is 13.2. The lowest BCUT2D eigenvalue weighted by Crippen LogP contribution is -2.27. The minimum absolute atomic E-state index is 0.0856. The molecule has 2 aromatic heterocycles. The van der Waals surface area contributed by atoms with Gasteiger partial charge in [0.15, 0.2) is 16.1 Å². The number of amides is 1. The summed E-state index contributed by atoms with van der Waals surface area (Å²) in [6.07, 6.45) is 0. The van der Waals surface area contributed by atoms with Crippen LogP contribution in [0.4, 0.5) is 10.8 Å². The number of halogens is 1. The van der Waals surface area contributed by atoms with Crippen molar-refractivity contribution in [3.63, 3.8) is 0 Å². The third kappa shape index (κ3) is 5.29. The van der Waals surface area contributed by atoms with E-state index in [0.29, 0.717) is 26.9 Å². The molecule has 7 nitrogen and oxygen atoms in total. The molecule has 2 aromatic carbocycles. The van der Waals surface area contributed by atoms with E-state index >= 15 is 0 Å². The van der Waals surface area contributed by atoms with Gasteiger partial charge in [-0.2, -0.15) is 0 Å². The molecule has 32 heavy (non-hydrogen) atoms. The molecule has 0 aliphatic heterocycles. The maximum atomic E-state index is 13.2. The molecule has 0 spiro atoms. The van der Waals surface area contributed by atoms with Crippen LogP contribution in [0, 0.1) is 6.92 Å². The minimum Gasteiger partial charge on any atom is -0.486 e. The molecule has 0 N–H and O–H groups in total. The van der Waals surface area contributed by atoms with Crippen LogP contribution in [0.25, 0.3) is 0 Å². The highest BCUT2D eigenvalue weighted by atomic mass is 35.5. The van der Waals surface area contributed by atoms with Crippen LogP contribution >= 0.6 is 34.7 Å². The van der Waals surface area contributed by atoms with Crippen molar-refractivity contribution < 1.29 is 9.53 Å². The topological polar surface area (TPSA) is 73.1 Å². The average molecular weight is 486 g/mol. The van der Waals surface area contributed by atoms with Gasteiger partial charge in [0.05, 0.1) is 17.1 Å². The molecule has 2 heterocycles. The lowest BCUT2D eigenvalue weighted by atomic mass is 10.3. The lowest BCUT2D eigenvalue weighted by molar-refractivity contribution is -0.115. The molecule has 0 aliphatic carbocycles. The van der Waals surface area contributed by atoms with Crippen molar-refractivity contribution >= 4 is 51.4 Å². The van der Waals surface area contributed by atoms with Gasteiger partial charge in [-0.15, -0.1) is 21.5 Å². The van der Waals surface area contributed by atoms with Gasteiger partial charge >= 0.3 is 0 Å². The SMILES string of the molecule is Cc1csc(N(C(=O)CSc2nnc(COc3ccc(Cl)cc3)n2C)c2ccccc2)n1. The van der Waals surface area contributed by atoms with Crippen molar-refractivity contribution in [1.29, 1.82) is 0 Å². The number of hydrogen-bond donors (Lipinski definition) is 0. The Kier molecular flexibility index (Phi) is 7.09. The molecule has 4 aromatic rings. The van der Waals surface area contributed by atoms with Gasteiger partial charge in [0.1, 0.15) is 12.4 Å². The second-order valence-electron chi connectivity index (χ2n) is 6.83. The van der Waals surface area contributed by atoms with Crippen molar-refractivity contribution in [2.75, 3.05) is 10.7 Å². The van der Waals surface area contributed by atoms with Crippen molar-refractivity contribution in [3.8, 4) is 5.75 Å². The number of ether oxygens (including phenoxy) is 1. The molecule has 0 atom stereocenters. The summed E-state index contributed by atoms with van der Waals surface area (Å²) < 4.78 is 7.58. The predicted octanol–water partition coefficient (Wildman–Crippen LogP) is 5.27. The highest BCUT2D eigenvalue weighted by Crippen LogP contribution is 2.30. The molecule has 4 rings (SSSR count). The normalized spacial score (nSPS) is 10.8. The van der Waals surface area contributed by atoms with Crippen LogP contribution in [0.1, 0.15) is 11.5 Å². The number of thiazole rings is 1. The first-order valence-corrected chi connectivity index (χ1v) is 11.9. The fraction of sp³-hybridized carbons (Fsp3) is 0.182. The number of para-hydroxylation sites is 1. The Morgan fingerprint density at radius 3 is 2.59 bits per heavy atom. The van der Waals surface area contributed by atoms with E-state index in [2.05, 4.69) is 15.2 Å². The fourth-order valence-corrected chi connectivity index (χ4v) is 4.59. The van der Waals surface area contributed by atoms with Crippen LogP contribution in [0.15, 0.2) is 65.1 Å². The van der Waals surface area contributed by atoms with E-state index in [4.69, 9.17) is 16.3 Å². The number of anilines is 2. The number of nitrogens with zero attached hydrogens (tertiary/aromatic N) is 5. The summed E-state index contributed by atoms with van der Waals surface area (Å²) in [5.41, 5.74) is 1.66. The number of carbonyl (C=O) groups excluding carboxylic acids is 1. The van der Waals surface area contributed by atoms with Crippen LogP contribution in [-0.2, 0) is 18.4 Å².